The van der Waals surface area contributed by atoms with Crippen molar-refractivity contribution in [2.45, 2.75) is 18.3 Å². The Morgan fingerprint density at radius 2 is 1.53 bits per heavy atom. The number of aliphatic carboxylic acids is 1. The highest BCUT2D eigenvalue weighted by Gasteiger charge is 2.71. The second-order valence-electron chi connectivity index (χ2n) is 8.71. The summed E-state index contributed by atoms with van der Waals surface area (Å²) in [7, 11) is 0. The second kappa shape index (κ2) is 6.51. The molecule has 0 radical (unpaired) electrons. The Balaban J connectivity index is 1.67. The Morgan fingerprint density at radius 3 is 2.09 bits per heavy atom. The van der Waals surface area contributed by atoms with Crippen molar-refractivity contribution in [2.75, 3.05) is 4.90 Å². The Morgan fingerprint density at radius 1 is 0.938 bits per heavy atom. The van der Waals surface area contributed by atoms with Crippen LogP contribution in [-0.2, 0) is 19.8 Å². The van der Waals surface area contributed by atoms with Gasteiger partial charge in [0, 0.05) is 9.49 Å². The van der Waals surface area contributed by atoms with Crippen LogP contribution in [0.1, 0.15) is 33.7 Å². The van der Waals surface area contributed by atoms with Gasteiger partial charge in [0.15, 0.2) is 0 Å². The van der Waals surface area contributed by atoms with E-state index in [-0.39, 0.29) is 11.8 Å². The maximum Gasteiger partial charge on any atom is 0.319 e. The molecule has 1 N–H and O–H groups in total. The summed E-state index contributed by atoms with van der Waals surface area (Å²) in [6, 6.07) is 20.3. The molecule has 1 fully saturated rings. The van der Waals surface area contributed by atoms with Crippen LogP contribution in [0.5, 0.6) is 0 Å². The summed E-state index contributed by atoms with van der Waals surface area (Å²) < 4.78 is 1.00. The average Bonchev–Trinajstić information content (AvgIpc) is 3.05. The fourth-order valence-corrected chi connectivity index (χ4v) is 6.89. The molecule has 0 spiro atoms. The summed E-state index contributed by atoms with van der Waals surface area (Å²) >= 11 is 2.19. The van der Waals surface area contributed by atoms with Gasteiger partial charge in [-0.05, 0) is 75.5 Å². The predicted molar refractivity (Wildman–Crippen MR) is 127 cm³/mol. The normalized spacial score (nSPS) is 27.2. The first-order valence-electron chi connectivity index (χ1n) is 10.4. The molecule has 2 bridgehead atoms. The molecular weight excluding hydrogens is 517 g/mol. The molecular formula is C26H18INO4. The van der Waals surface area contributed by atoms with Crippen molar-refractivity contribution in [3.05, 3.63) is 98.1 Å². The van der Waals surface area contributed by atoms with E-state index in [1.165, 1.54) is 4.90 Å². The lowest BCUT2D eigenvalue weighted by Crippen LogP contribution is -2.57. The van der Waals surface area contributed by atoms with Crippen molar-refractivity contribution in [1.82, 2.24) is 0 Å². The number of rotatable bonds is 2. The third-order valence-corrected chi connectivity index (χ3v) is 8.03. The van der Waals surface area contributed by atoms with Gasteiger partial charge in [-0.15, -0.1) is 0 Å². The monoisotopic (exact) mass is 535 g/mol. The lowest BCUT2D eigenvalue weighted by molar-refractivity contribution is -0.149. The van der Waals surface area contributed by atoms with E-state index in [1.807, 2.05) is 55.5 Å². The first-order chi connectivity index (χ1) is 15.4. The number of hydrogen-bond acceptors (Lipinski definition) is 3. The highest BCUT2D eigenvalue weighted by molar-refractivity contribution is 14.1. The van der Waals surface area contributed by atoms with Gasteiger partial charge in [0.05, 0.1) is 17.5 Å². The molecule has 2 atom stereocenters. The minimum Gasteiger partial charge on any atom is -0.480 e. The molecule has 2 amide bonds. The molecule has 5 nitrogen and oxygen atoms in total. The minimum absolute atomic E-state index is 0.316. The minimum atomic E-state index is -1.59. The van der Waals surface area contributed by atoms with Gasteiger partial charge in [0.2, 0.25) is 11.8 Å². The average molecular weight is 535 g/mol. The number of carbonyl (C=O) groups is 3. The van der Waals surface area contributed by atoms with E-state index in [0.29, 0.717) is 16.8 Å². The highest BCUT2D eigenvalue weighted by atomic mass is 127. The molecule has 3 aromatic rings. The predicted octanol–water partition coefficient (Wildman–Crippen LogP) is 4.24. The largest absolute Gasteiger partial charge is 0.480 e. The maximum absolute atomic E-state index is 13.9. The van der Waals surface area contributed by atoms with Gasteiger partial charge in [-0.3, -0.25) is 14.4 Å². The summed E-state index contributed by atoms with van der Waals surface area (Å²) in [5.74, 6) is -3.92. The summed E-state index contributed by atoms with van der Waals surface area (Å²) in [5.41, 5.74) is 2.66. The molecule has 7 rings (SSSR count). The SMILES string of the molecule is Cc1cc(I)ccc1N1C(=O)C2C3c4ccccc4C(C(=O)O)(c4ccccc43)C2C1=O. The van der Waals surface area contributed by atoms with Crippen molar-refractivity contribution in [1.29, 1.82) is 0 Å². The standard InChI is InChI=1S/C26H18INO4/c1-13-12-14(27)10-11-19(13)28-23(29)21-20-15-6-2-4-8-17(15)26(25(31)32,22(21)24(28)30)18-9-5-3-7-16(18)20/h2-12,20-22H,1H3,(H,31,32). The number of carboxylic acids is 1. The number of carboxylic acid groups (broad SMARTS) is 1. The van der Waals surface area contributed by atoms with E-state index in [9.17, 15) is 19.5 Å². The Kier molecular flexibility index (Phi) is 4.00. The maximum atomic E-state index is 13.9. The quantitative estimate of drug-likeness (QED) is 0.394. The Labute approximate surface area is 198 Å². The van der Waals surface area contributed by atoms with Crippen molar-refractivity contribution in [3.63, 3.8) is 0 Å². The first-order valence-corrected chi connectivity index (χ1v) is 11.5. The zero-order chi connectivity index (χ0) is 22.4. The van der Waals surface area contributed by atoms with Gasteiger partial charge in [-0.25, -0.2) is 4.90 Å². The summed E-state index contributed by atoms with van der Waals surface area (Å²) in [6.45, 7) is 1.87. The van der Waals surface area contributed by atoms with Crippen molar-refractivity contribution in [3.8, 4) is 0 Å². The molecule has 0 aromatic heterocycles. The molecule has 32 heavy (non-hydrogen) atoms. The molecule has 2 unspecified atom stereocenters. The summed E-state index contributed by atoms with van der Waals surface area (Å²) in [5, 5.41) is 10.7. The number of imide groups is 1. The fourth-order valence-electron chi connectivity index (χ4n) is 6.24. The van der Waals surface area contributed by atoms with E-state index >= 15 is 0 Å². The molecule has 3 aromatic carbocycles. The van der Waals surface area contributed by atoms with Gasteiger partial charge in [0.25, 0.3) is 0 Å². The molecule has 3 aliphatic carbocycles. The van der Waals surface area contributed by atoms with Crippen LogP contribution in [0.4, 0.5) is 5.69 Å². The number of carbonyl (C=O) groups excluding carboxylic acids is 2. The Bertz CT molecular complexity index is 1320. The second-order valence-corrected chi connectivity index (χ2v) is 9.96. The van der Waals surface area contributed by atoms with Crippen LogP contribution >= 0.6 is 22.6 Å². The number of amides is 2. The summed E-state index contributed by atoms with van der Waals surface area (Å²) in [6.07, 6.45) is 0. The van der Waals surface area contributed by atoms with Gasteiger partial charge < -0.3 is 5.11 Å². The number of aryl methyl sites for hydroxylation is 1. The van der Waals surface area contributed by atoms with Crippen molar-refractivity contribution >= 4 is 46.1 Å². The zero-order valence-corrected chi connectivity index (χ0v) is 19.2. The van der Waals surface area contributed by atoms with Crippen molar-refractivity contribution in [2.24, 2.45) is 11.8 Å². The lowest BCUT2D eigenvalue weighted by atomic mass is 9.47. The molecule has 1 saturated heterocycles. The van der Waals surface area contributed by atoms with E-state index in [1.54, 1.807) is 18.2 Å². The molecule has 4 aliphatic rings. The van der Waals surface area contributed by atoms with Gasteiger partial charge in [-0.1, -0.05) is 48.5 Å². The van der Waals surface area contributed by atoms with Gasteiger partial charge in [0.1, 0.15) is 5.41 Å². The van der Waals surface area contributed by atoms with E-state index in [2.05, 4.69) is 22.6 Å². The van der Waals surface area contributed by atoms with Crippen LogP contribution in [0.25, 0.3) is 0 Å². The van der Waals surface area contributed by atoms with E-state index in [4.69, 9.17) is 0 Å². The van der Waals surface area contributed by atoms with Gasteiger partial charge in [-0.2, -0.15) is 0 Å². The number of benzene rings is 3. The molecule has 0 saturated carbocycles. The van der Waals surface area contributed by atoms with Crippen LogP contribution in [0.3, 0.4) is 0 Å². The molecule has 158 valence electrons. The number of hydrogen-bond donors (Lipinski definition) is 1. The topological polar surface area (TPSA) is 74.7 Å². The van der Waals surface area contributed by atoms with E-state index in [0.717, 1.165) is 20.3 Å². The molecule has 1 heterocycles. The number of anilines is 1. The lowest BCUT2D eigenvalue weighted by Gasteiger charge is -2.51. The molecule has 1 aliphatic heterocycles. The third kappa shape index (κ3) is 2.16. The van der Waals surface area contributed by atoms with Crippen molar-refractivity contribution < 1.29 is 19.5 Å². The van der Waals surface area contributed by atoms with Crippen LogP contribution in [-0.4, -0.2) is 22.9 Å². The van der Waals surface area contributed by atoms with E-state index < -0.39 is 29.1 Å². The third-order valence-electron chi connectivity index (χ3n) is 7.36. The smallest absolute Gasteiger partial charge is 0.319 e. The first kappa shape index (κ1) is 19.7. The van der Waals surface area contributed by atoms with Crippen LogP contribution in [0.15, 0.2) is 66.7 Å². The summed E-state index contributed by atoms with van der Waals surface area (Å²) in [4.78, 5) is 42.2. The number of nitrogens with zero attached hydrogens (tertiary/aromatic N) is 1. The van der Waals surface area contributed by atoms with Gasteiger partial charge >= 0.3 is 5.97 Å². The Hall–Kier alpha value is -3.00. The highest BCUT2D eigenvalue weighted by Crippen LogP contribution is 2.64. The fraction of sp³-hybridized carbons (Fsp3) is 0.192. The number of halogens is 1. The zero-order valence-electron chi connectivity index (χ0n) is 17.1. The van der Waals surface area contributed by atoms with Crippen LogP contribution in [0.2, 0.25) is 0 Å². The molecule has 6 heteroatoms. The van der Waals surface area contributed by atoms with Crippen LogP contribution < -0.4 is 4.90 Å². The van der Waals surface area contributed by atoms with Crippen LogP contribution in [0, 0.1) is 22.3 Å².